The number of rotatable bonds is 15. The van der Waals surface area contributed by atoms with E-state index >= 15 is 0 Å². The minimum Gasteiger partial charge on any atom is -0.480 e. The number of benzene rings is 1. The third-order valence-electron chi connectivity index (χ3n) is 5.74. The summed E-state index contributed by atoms with van der Waals surface area (Å²) < 4.78 is 0. The molecule has 0 spiro atoms. The second kappa shape index (κ2) is 15.0. The van der Waals surface area contributed by atoms with E-state index < -0.39 is 47.9 Å². The topological polar surface area (TPSA) is 177 Å². The number of nitrogens with two attached hydrogens (primary N) is 2. The van der Waals surface area contributed by atoms with E-state index in [1.54, 1.807) is 6.92 Å². The smallest absolute Gasteiger partial charge is 0.325 e. The van der Waals surface area contributed by atoms with Gasteiger partial charge >= 0.3 is 5.97 Å². The van der Waals surface area contributed by atoms with Crippen LogP contribution in [0.2, 0.25) is 0 Å². The maximum Gasteiger partial charge on any atom is 0.325 e. The van der Waals surface area contributed by atoms with Crippen molar-refractivity contribution in [2.24, 2.45) is 17.4 Å². The van der Waals surface area contributed by atoms with Crippen LogP contribution in [0.3, 0.4) is 0 Å². The van der Waals surface area contributed by atoms with Gasteiger partial charge in [0.05, 0.1) is 6.04 Å². The van der Waals surface area contributed by atoms with Crippen molar-refractivity contribution in [1.29, 1.82) is 0 Å². The molecule has 3 amide bonds. The zero-order valence-electron chi connectivity index (χ0n) is 20.3. The highest BCUT2D eigenvalue weighted by atomic mass is 16.4. The number of unbranched alkanes of at least 4 members (excludes halogenated alkanes) is 1. The minimum absolute atomic E-state index is 0.259. The van der Waals surface area contributed by atoms with Crippen molar-refractivity contribution in [3.63, 3.8) is 0 Å². The van der Waals surface area contributed by atoms with E-state index in [0.29, 0.717) is 38.6 Å². The van der Waals surface area contributed by atoms with Gasteiger partial charge in [-0.15, -0.1) is 0 Å². The van der Waals surface area contributed by atoms with Gasteiger partial charge in [-0.3, -0.25) is 19.2 Å². The monoisotopic (exact) mass is 477 g/mol. The van der Waals surface area contributed by atoms with Crippen molar-refractivity contribution in [3.05, 3.63) is 35.9 Å². The first-order valence-electron chi connectivity index (χ1n) is 11.7. The van der Waals surface area contributed by atoms with E-state index in [0.717, 1.165) is 5.56 Å². The molecule has 0 saturated heterocycles. The second-order valence-electron chi connectivity index (χ2n) is 8.58. The first-order chi connectivity index (χ1) is 16.1. The molecule has 190 valence electrons. The molecule has 5 unspecified atom stereocenters. The van der Waals surface area contributed by atoms with E-state index in [2.05, 4.69) is 16.0 Å². The van der Waals surface area contributed by atoms with E-state index in [1.807, 2.05) is 37.3 Å². The maximum atomic E-state index is 13.1. The average molecular weight is 478 g/mol. The SMILES string of the molecule is CCC(C)C(NC(=O)C(CCCCN)NC(=O)C(N)Cc1ccccc1)C(=O)NC(C)C(=O)O. The minimum atomic E-state index is -1.18. The van der Waals surface area contributed by atoms with Crippen LogP contribution in [0.25, 0.3) is 0 Å². The predicted octanol–water partition coefficient (Wildman–Crippen LogP) is 0.290. The van der Waals surface area contributed by atoms with Crippen LogP contribution in [0, 0.1) is 5.92 Å². The van der Waals surface area contributed by atoms with Crippen molar-refractivity contribution in [2.45, 2.75) is 77.0 Å². The second-order valence-corrected chi connectivity index (χ2v) is 8.58. The lowest BCUT2D eigenvalue weighted by molar-refractivity contribution is -0.142. The number of amides is 3. The molecule has 0 aliphatic carbocycles. The van der Waals surface area contributed by atoms with Crippen molar-refractivity contribution < 1.29 is 24.3 Å². The zero-order valence-corrected chi connectivity index (χ0v) is 20.3. The molecule has 10 heteroatoms. The van der Waals surface area contributed by atoms with Gasteiger partial charge in [0.2, 0.25) is 17.7 Å². The lowest BCUT2D eigenvalue weighted by atomic mass is 9.97. The summed E-state index contributed by atoms with van der Waals surface area (Å²) in [6.45, 7) is 5.44. The first kappa shape index (κ1) is 29.1. The molecule has 0 aromatic heterocycles. The van der Waals surface area contributed by atoms with Gasteiger partial charge in [-0.1, -0.05) is 50.6 Å². The molecule has 0 aliphatic heterocycles. The molecule has 34 heavy (non-hydrogen) atoms. The maximum absolute atomic E-state index is 13.1. The number of hydrogen-bond donors (Lipinski definition) is 6. The Hall–Kier alpha value is -2.98. The fraction of sp³-hybridized carbons (Fsp3) is 0.583. The quantitative estimate of drug-likeness (QED) is 0.197. The molecule has 0 saturated carbocycles. The Kier molecular flexibility index (Phi) is 12.8. The van der Waals surface area contributed by atoms with Gasteiger partial charge in [0.1, 0.15) is 18.1 Å². The predicted molar refractivity (Wildman–Crippen MR) is 130 cm³/mol. The number of hydrogen-bond acceptors (Lipinski definition) is 6. The van der Waals surface area contributed by atoms with Crippen LogP contribution < -0.4 is 27.4 Å². The standard InChI is InChI=1S/C24H39N5O5/c1-4-15(2)20(23(32)27-16(3)24(33)34)29-22(31)19(12-8-9-13-25)28-21(30)18(26)14-17-10-6-5-7-11-17/h5-7,10-11,15-16,18-20H,4,8-9,12-14,25-26H2,1-3H3,(H,27,32)(H,28,30)(H,29,31)(H,33,34). The van der Waals surface area contributed by atoms with E-state index in [1.165, 1.54) is 6.92 Å². The van der Waals surface area contributed by atoms with E-state index in [4.69, 9.17) is 16.6 Å². The molecule has 1 rings (SSSR count). The van der Waals surface area contributed by atoms with Crippen LogP contribution in [0.5, 0.6) is 0 Å². The van der Waals surface area contributed by atoms with Crippen molar-refractivity contribution in [1.82, 2.24) is 16.0 Å². The fourth-order valence-electron chi connectivity index (χ4n) is 3.32. The molecule has 10 nitrogen and oxygen atoms in total. The summed E-state index contributed by atoms with van der Waals surface area (Å²) >= 11 is 0. The third kappa shape index (κ3) is 9.88. The zero-order chi connectivity index (χ0) is 25.7. The molecule has 0 aliphatic rings. The first-order valence-corrected chi connectivity index (χ1v) is 11.7. The summed E-state index contributed by atoms with van der Waals surface area (Å²) in [5.74, 6) is -3.03. The molecule has 5 atom stereocenters. The molecular weight excluding hydrogens is 438 g/mol. The number of carboxylic acid groups (broad SMARTS) is 1. The summed E-state index contributed by atoms with van der Waals surface area (Å²) in [6.07, 6.45) is 2.48. The molecular formula is C24H39N5O5. The van der Waals surface area contributed by atoms with Crippen LogP contribution in [0.1, 0.15) is 52.0 Å². The van der Waals surface area contributed by atoms with Gasteiger partial charge in [-0.2, -0.15) is 0 Å². The number of aliphatic carboxylic acids is 1. The average Bonchev–Trinajstić information content (AvgIpc) is 2.81. The number of carbonyl (C=O) groups excluding carboxylic acids is 3. The molecule has 1 aromatic rings. The summed E-state index contributed by atoms with van der Waals surface area (Å²) in [5.41, 5.74) is 12.5. The lowest BCUT2D eigenvalue weighted by Gasteiger charge is -2.27. The van der Waals surface area contributed by atoms with Gasteiger partial charge in [0.15, 0.2) is 0 Å². The molecule has 0 bridgehead atoms. The number of nitrogens with one attached hydrogen (secondary N) is 3. The summed E-state index contributed by atoms with van der Waals surface area (Å²) in [4.78, 5) is 49.7. The Labute approximate surface area is 201 Å². The van der Waals surface area contributed by atoms with Crippen LogP contribution in [0.15, 0.2) is 30.3 Å². The highest BCUT2D eigenvalue weighted by molar-refractivity contribution is 5.94. The Morgan fingerprint density at radius 3 is 2.15 bits per heavy atom. The Morgan fingerprint density at radius 2 is 1.59 bits per heavy atom. The van der Waals surface area contributed by atoms with Crippen LogP contribution in [0.4, 0.5) is 0 Å². The number of carbonyl (C=O) groups is 4. The fourth-order valence-corrected chi connectivity index (χ4v) is 3.32. The molecule has 1 aromatic carbocycles. The van der Waals surface area contributed by atoms with E-state index in [9.17, 15) is 19.2 Å². The van der Waals surface area contributed by atoms with Gasteiger partial charge in [-0.05, 0) is 50.6 Å². The van der Waals surface area contributed by atoms with Crippen LogP contribution in [-0.2, 0) is 25.6 Å². The van der Waals surface area contributed by atoms with Crippen molar-refractivity contribution >= 4 is 23.7 Å². The largest absolute Gasteiger partial charge is 0.480 e. The molecule has 0 heterocycles. The van der Waals surface area contributed by atoms with E-state index in [-0.39, 0.29) is 5.92 Å². The summed E-state index contributed by atoms with van der Waals surface area (Å²) in [6, 6.07) is 5.50. The Morgan fingerprint density at radius 1 is 0.941 bits per heavy atom. The van der Waals surface area contributed by atoms with Crippen LogP contribution in [-0.4, -0.2) is 59.5 Å². The van der Waals surface area contributed by atoms with Crippen molar-refractivity contribution in [3.8, 4) is 0 Å². The lowest BCUT2D eigenvalue weighted by Crippen LogP contribution is -2.58. The van der Waals surface area contributed by atoms with Crippen LogP contribution >= 0.6 is 0 Å². The van der Waals surface area contributed by atoms with Gasteiger partial charge in [0, 0.05) is 0 Å². The molecule has 0 fully saturated rings. The number of carboxylic acids is 1. The van der Waals surface area contributed by atoms with Gasteiger partial charge in [-0.25, -0.2) is 0 Å². The third-order valence-corrected chi connectivity index (χ3v) is 5.74. The molecule has 0 radical (unpaired) electrons. The molecule has 8 N–H and O–H groups in total. The van der Waals surface area contributed by atoms with Gasteiger partial charge in [0.25, 0.3) is 0 Å². The Balaban J connectivity index is 2.92. The van der Waals surface area contributed by atoms with Gasteiger partial charge < -0.3 is 32.5 Å². The summed E-state index contributed by atoms with van der Waals surface area (Å²) in [5, 5.41) is 16.9. The van der Waals surface area contributed by atoms with Crippen molar-refractivity contribution in [2.75, 3.05) is 6.54 Å². The highest BCUT2D eigenvalue weighted by Gasteiger charge is 2.31. The Bertz CT molecular complexity index is 804. The summed E-state index contributed by atoms with van der Waals surface area (Å²) in [7, 11) is 0. The highest BCUT2D eigenvalue weighted by Crippen LogP contribution is 2.11. The normalized spacial score (nSPS) is 15.3.